The van der Waals surface area contributed by atoms with E-state index in [0.29, 0.717) is 0 Å². The number of hydrogen-bond acceptors (Lipinski definition) is 1. The lowest BCUT2D eigenvalue weighted by Gasteiger charge is -2.16. The van der Waals surface area contributed by atoms with E-state index in [9.17, 15) is 0 Å². The van der Waals surface area contributed by atoms with Crippen molar-refractivity contribution in [2.75, 3.05) is 20.7 Å². The van der Waals surface area contributed by atoms with Gasteiger partial charge in [-0.3, -0.25) is 0 Å². The van der Waals surface area contributed by atoms with Crippen molar-refractivity contribution >= 4 is 0 Å². The minimum atomic E-state index is 0.282. The second-order valence-corrected chi connectivity index (χ2v) is 1.55. The first-order chi connectivity index (χ1) is 3.31. The molecule has 0 rings (SSSR count). The van der Waals surface area contributed by atoms with Crippen LogP contribution >= 0.6 is 0 Å². The molecule has 0 fully saturated rings. The second-order valence-electron chi connectivity index (χ2n) is 1.55. The highest BCUT2D eigenvalue weighted by Gasteiger charge is 1.85. The van der Waals surface area contributed by atoms with E-state index in [1.165, 1.54) is 0 Å². The Kier molecular flexibility index (Phi) is 4.04. The molecule has 0 aliphatic heterocycles. The number of methoxy groups -OCH3 is 1. The molecule has 0 aliphatic carbocycles. The molecule has 0 amide bonds. The zero-order chi connectivity index (χ0) is 5.70. The quantitative estimate of drug-likeness (QED) is 0.522. The van der Waals surface area contributed by atoms with Gasteiger partial charge in [0, 0.05) is 13.2 Å². The fourth-order valence-corrected chi connectivity index (χ4v) is 0.332. The van der Waals surface area contributed by atoms with Gasteiger partial charge in [-0.05, 0) is 6.92 Å². The zero-order valence-corrected chi connectivity index (χ0v) is 5.14. The normalized spacial score (nSPS) is 14.1. The van der Waals surface area contributed by atoms with Crippen LogP contribution in [0.1, 0.15) is 6.92 Å². The predicted molar refractivity (Wildman–Crippen MR) is 30.6 cm³/mol. The van der Waals surface area contributed by atoms with Gasteiger partial charge in [-0.1, -0.05) is 0 Å². The number of rotatable bonds is 3. The molecule has 7 heavy (non-hydrogen) atoms. The van der Waals surface area contributed by atoms with E-state index in [2.05, 4.69) is 5.32 Å². The molecule has 0 saturated heterocycles. The highest BCUT2D eigenvalue weighted by molar-refractivity contribution is 4.73. The third-order valence-corrected chi connectivity index (χ3v) is 0.842. The maximum Gasteiger partial charge on any atom is 0.0357 e. The summed E-state index contributed by atoms with van der Waals surface area (Å²) in [5.41, 5.74) is 0. The lowest BCUT2D eigenvalue weighted by molar-refractivity contribution is 0.130. The molecule has 0 aromatic heterocycles. The van der Waals surface area contributed by atoms with Crippen LogP contribution in [0.5, 0.6) is 0 Å². The lowest BCUT2D eigenvalue weighted by atomic mass is 10.4. The van der Waals surface area contributed by atoms with Gasteiger partial charge >= 0.3 is 0 Å². The fraction of sp³-hybridized carbons (Fsp3) is 1.00. The first kappa shape index (κ1) is 6.92. The number of ether oxygens (including phenoxy) is 1. The summed E-state index contributed by atoms with van der Waals surface area (Å²) in [6, 6.07) is 0. The van der Waals surface area contributed by atoms with E-state index >= 15 is 0 Å². The Balaban J connectivity index is 2.83. The van der Waals surface area contributed by atoms with Gasteiger partial charge < -0.3 is 10.1 Å². The van der Waals surface area contributed by atoms with E-state index in [1.807, 2.05) is 6.92 Å². The van der Waals surface area contributed by atoms with Crippen molar-refractivity contribution in [1.82, 2.24) is 0 Å². The van der Waals surface area contributed by atoms with Gasteiger partial charge in [-0.15, -0.1) is 6.54 Å². The Morgan fingerprint density at radius 3 is 2.43 bits per heavy atom. The SMILES string of the molecule is C[N-]CC(C)OC. The Morgan fingerprint density at radius 2 is 2.29 bits per heavy atom. The van der Waals surface area contributed by atoms with Crippen molar-refractivity contribution in [1.29, 1.82) is 0 Å². The predicted octanol–water partition coefficient (Wildman–Crippen LogP) is 1.02. The van der Waals surface area contributed by atoms with E-state index in [-0.39, 0.29) is 6.10 Å². The molecule has 1 atom stereocenters. The van der Waals surface area contributed by atoms with Crippen LogP contribution in [-0.2, 0) is 4.74 Å². The van der Waals surface area contributed by atoms with Crippen molar-refractivity contribution in [3.8, 4) is 0 Å². The highest BCUT2D eigenvalue weighted by atomic mass is 16.5. The largest absolute Gasteiger partial charge is 0.663 e. The molecular formula is C5H12NO-. The first-order valence-corrected chi connectivity index (χ1v) is 2.39. The van der Waals surface area contributed by atoms with Crippen LogP contribution in [-0.4, -0.2) is 26.8 Å². The summed E-state index contributed by atoms with van der Waals surface area (Å²) in [4.78, 5) is 0. The van der Waals surface area contributed by atoms with Crippen LogP contribution < -0.4 is 0 Å². The van der Waals surface area contributed by atoms with Gasteiger partial charge in [-0.25, -0.2) is 0 Å². The minimum absolute atomic E-state index is 0.282. The average molecular weight is 102 g/mol. The van der Waals surface area contributed by atoms with Crippen molar-refractivity contribution in [2.24, 2.45) is 0 Å². The Bertz CT molecular complexity index is 39.1. The fourth-order valence-electron chi connectivity index (χ4n) is 0.332. The summed E-state index contributed by atoms with van der Waals surface area (Å²) >= 11 is 0. The molecule has 0 aromatic carbocycles. The lowest BCUT2D eigenvalue weighted by Crippen LogP contribution is -2.08. The monoisotopic (exact) mass is 102 g/mol. The summed E-state index contributed by atoms with van der Waals surface area (Å²) in [6.45, 7) is 2.80. The van der Waals surface area contributed by atoms with E-state index < -0.39 is 0 Å². The van der Waals surface area contributed by atoms with Crippen LogP contribution in [0, 0.1) is 0 Å². The summed E-state index contributed by atoms with van der Waals surface area (Å²) in [6.07, 6.45) is 0.282. The molecule has 0 radical (unpaired) electrons. The number of hydrogen-bond donors (Lipinski definition) is 0. The van der Waals surface area contributed by atoms with Crippen LogP contribution in [0.15, 0.2) is 0 Å². The van der Waals surface area contributed by atoms with Crippen LogP contribution in [0.25, 0.3) is 5.32 Å². The highest BCUT2D eigenvalue weighted by Crippen LogP contribution is 1.89. The zero-order valence-electron chi connectivity index (χ0n) is 5.14. The summed E-state index contributed by atoms with van der Waals surface area (Å²) in [5, 5.41) is 3.88. The van der Waals surface area contributed by atoms with Crippen molar-refractivity contribution in [3.63, 3.8) is 0 Å². The minimum Gasteiger partial charge on any atom is -0.663 e. The molecule has 2 heteroatoms. The molecule has 0 aromatic rings. The van der Waals surface area contributed by atoms with Gasteiger partial charge in [0.2, 0.25) is 0 Å². The second kappa shape index (κ2) is 4.09. The van der Waals surface area contributed by atoms with Crippen molar-refractivity contribution < 1.29 is 4.74 Å². The molecule has 0 bridgehead atoms. The van der Waals surface area contributed by atoms with Gasteiger partial charge in [0.1, 0.15) is 0 Å². The maximum atomic E-state index is 4.90. The standard InChI is InChI=1S/C5H12NO/c1-5(7-3)4-6-2/h5H,4H2,1-3H3/q-1. The molecule has 0 aliphatic rings. The Labute approximate surface area is 44.9 Å². The molecule has 0 N–H and O–H groups in total. The van der Waals surface area contributed by atoms with Crippen molar-refractivity contribution in [2.45, 2.75) is 13.0 Å². The van der Waals surface area contributed by atoms with E-state index in [4.69, 9.17) is 4.74 Å². The molecule has 1 unspecified atom stereocenters. The molecular weight excluding hydrogens is 90.1 g/mol. The van der Waals surface area contributed by atoms with Crippen LogP contribution in [0.4, 0.5) is 0 Å². The Morgan fingerprint density at radius 1 is 1.71 bits per heavy atom. The summed E-state index contributed by atoms with van der Waals surface area (Å²) in [7, 11) is 3.48. The topological polar surface area (TPSA) is 23.3 Å². The third kappa shape index (κ3) is 3.76. The summed E-state index contributed by atoms with van der Waals surface area (Å²) < 4.78 is 4.90. The van der Waals surface area contributed by atoms with Gasteiger partial charge in [0.05, 0.1) is 0 Å². The third-order valence-electron chi connectivity index (χ3n) is 0.842. The molecule has 0 saturated carbocycles. The Hall–Kier alpha value is -0.0800. The van der Waals surface area contributed by atoms with Gasteiger partial charge in [0.15, 0.2) is 0 Å². The smallest absolute Gasteiger partial charge is 0.0357 e. The molecule has 0 spiro atoms. The van der Waals surface area contributed by atoms with E-state index in [1.54, 1.807) is 14.2 Å². The molecule has 44 valence electrons. The van der Waals surface area contributed by atoms with Gasteiger partial charge in [0.25, 0.3) is 0 Å². The van der Waals surface area contributed by atoms with Gasteiger partial charge in [-0.2, -0.15) is 7.05 Å². The summed E-state index contributed by atoms with van der Waals surface area (Å²) in [5.74, 6) is 0. The van der Waals surface area contributed by atoms with Crippen LogP contribution in [0.3, 0.4) is 0 Å². The average Bonchev–Trinajstić information content (AvgIpc) is 1.68. The number of nitrogens with zero attached hydrogens (tertiary/aromatic N) is 1. The molecule has 0 heterocycles. The van der Waals surface area contributed by atoms with Crippen molar-refractivity contribution in [3.05, 3.63) is 5.32 Å². The first-order valence-electron chi connectivity index (χ1n) is 2.39. The van der Waals surface area contributed by atoms with Crippen LogP contribution in [0.2, 0.25) is 0 Å². The van der Waals surface area contributed by atoms with E-state index in [0.717, 1.165) is 6.54 Å². The maximum absolute atomic E-state index is 4.90. The molecule has 2 nitrogen and oxygen atoms in total. The number of likely N-dealkylation sites (N-methyl/N-ethyl adjacent to an activating group) is 1.